The van der Waals surface area contributed by atoms with Crippen molar-refractivity contribution in [3.05, 3.63) is 73.2 Å². The number of fused-ring (bicyclic) bond motifs is 2. The zero-order valence-corrected chi connectivity index (χ0v) is 15.7. The molecule has 1 amide bonds. The summed E-state index contributed by atoms with van der Waals surface area (Å²) in [6, 6.07) is 17.9. The zero-order chi connectivity index (χ0) is 19.8. The number of H-pyrrole nitrogens is 1. The molecule has 0 aliphatic rings. The van der Waals surface area contributed by atoms with Crippen LogP contribution < -0.4 is 5.32 Å². The lowest BCUT2D eigenvalue weighted by Gasteiger charge is -2.08. The van der Waals surface area contributed by atoms with E-state index in [1.807, 2.05) is 36.4 Å². The summed E-state index contributed by atoms with van der Waals surface area (Å²) >= 11 is 0. The van der Waals surface area contributed by atoms with Gasteiger partial charge in [0.15, 0.2) is 0 Å². The van der Waals surface area contributed by atoms with Gasteiger partial charge in [0.25, 0.3) is 0 Å². The van der Waals surface area contributed by atoms with Crippen LogP contribution in [-0.4, -0.2) is 25.8 Å². The fourth-order valence-corrected chi connectivity index (χ4v) is 3.58. The van der Waals surface area contributed by atoms with Crippen LogP contribution >= 0.6 is 0 Å². The number of amides is 1. The minimum atomic E-state index is -0.157. The van der Waals surface area contributed by atoms with E-state index in [-0.39, 0.29) is 5.91 Å². The van der Waals surface area contributed by atoms with Crippen molar-refractivity contribution >= 4 is 33.7 Å². The van der Waals surface area contributed by atoms with Gasteiger partial charge in [-0.05, 0) is 48.0 Å². The summed E-state index contributed by atoms with van der Waals surface area (Å²) in [7, 11) is 0. The van der Waals surface area contributed by atoms with E-state index in [0.717, 1.165) is 44.3 Å². The standard InChI is InChI=1S/C23H17N5O/c1-14(29)27-20-13-17(8-11-25-20)22-21(23-19(28-22)5-3-10-26-23)16-6-7-18-15(12-16)4-2-9-24-18/h2-13,28H,1H3,(H,25,27,29). The van der Waals surface area contributed by atoms with Crippen LogP contribution in [0.5, 0.6) is 0 Å². The summed E-state index contributed by atoms with van der Waals surface area (Å²) in [4.78, 5) is 28.2. The predicted molar refractivity (Wildman–Crippen MR) is 114 cm³/mol. The highest BCUT2D eigenvalue weighted by Crippen LogP contribution is 2.38. The normalized spacial score (nSPS) is 11.1. The average molecular weight is 379 g/mol. The van der Waals surface area contributed by atoms with Crippen LogP contribution in [0.1, 0.15) is 6.92 Å². The molecule has 2 N–H and O–H groups in total. The van der Waals surface area contributed by atoms with Crippen molar-refractivity contribution in [3.63, 3.8) is 0 Å². The molecule has 5 aromatic rings. The molecule has 0 aliphatic carbocycles. The minimum Gasteiger partial charge on any atom is -0.353 e. The molecule has 5 rings (SSSR count). The fourth-order valence-electron chi connectivity index (χ4n) is 3.58. The van der Waals surface area contributed by atoms with Gasteiger partial charge in [0.2, 0.25) is 5.91 Å². The van der Waals surface area contributed by atoms with Gasteiger partial charge in [-0.3, -0.25) is 14.8 Å². The Kier molecular flexibility index (Phi) is 4.02. The average Bonchev–Trinajstić information content (AvgIpc) is 3.13. The molecule has 4 aromatic heterocycles. The second-order valence-corrected chi connectivity index (χ2v) is 6.80. The van der Waals surface area contributed by atoms with Gasteiger partial charge < -0.3 is 10.3 Å². The molecular formula is C23H17N5O. The lowest BCUT2D eigenvalue weighted by atomic mass is 9.99. The molecule has 6 heteroatoms. The third-order valence-electron chi connectivity index (χ3n) is 4.80. The maximum Gasteiger partial charge on any atom is 0.222 e. The van der Waals surface area contributed by atoms with E-state index in [0.29, 0.717) is 5.82 Å². The number of aromatic amines is 1. The first-order valence-corrected chi connectivity index (χ1v) is 9.25. The molecule has 0 fully saturated rings. The van der Waals surface area contributed by atoms with Crippen LogP contribution in [0, 0.1) is 0 Å². The van der Waals surface area contributed by atoms with Crippen molar-refractivity contribution in [3.8, 4) is 22.4 Å². The first kappa shape index (κ1) is 17.1. The van der Waals surface area contributed by atoms with E-state index in [1.165, 1.54) is 6.92 Å². The van der Waals surface area contributed by atoms with E-state index in [1.54, 1.807) is 18.6 Å². The van der Waals surface area contributed by atoms with Crippen LogP contribution in [0.2, 0.25) is 0 Å². The molecule has 6 nitrogen and oxygen atoms in total. The van der Waals surface area contributed by atoms with Gasteiger partial charge in [-0.25, -0.2) is 4.98 Å². The largest absolute Gasteiger partial charge is 0.353 e. The van der Waals surface area contributed by atoms with Gasteiger partial charge in [0.05, 0.1) is 22.2 Å². The SMILES string of the molecule is CC(=O)Nc1cc(-c2[nH]c3cccnc3c2-c2ccc3ncccc3c2)ccn1. The van der Waals surface area contributed by atoms with E-state index in [2.05, 4.69) is 43.5 Å². The van der Waals surface area contributed by atoms with E-state index in [4.69, 9.17) is 0 Å². The Morgan fingerprint density at radius 3 is 2.66 bits per heavy atom. The molecule has 4 heterocycles. The second kappa shape index (κ2) is 6.83. The molecule has 0 saturated heterocycles. The first-order valence-electron chi connectivity index (χ1n) is 9.25. The number of pyridine rings is 3. The summed E-state index contributed by atoms with van der Waals surface area (Å²) < 4.78 is 0. The Hall–Kier alpha value is -4.06. The molecule has 0 unspecified atom stereocenters. The summed E-state index contributed by atoms with van der Waals surface area (Å²) in [6.45, 7) is 1.47. The van der Waals surface area contributed by atoms with Gasteiger partial charge in [0.1, 0.15) is 5.82 Å². The highest BCUT2D eigenvalue weighted by atomic mass is 16.1. The number of aromatic nitrogens is 4. The number of rotatable bonds is 3. The molecule has 0 aliphatic heterocycles. The van der Waals surface area contributed by atoms with Crippen molar-refractivity contribution in [2.45, 2.75) is 6.92 Å². The van der Waals surface area contributed by atoms with E-state index < -0.39 is 0 Å². The highest BCUT2D eigenvalue weighted by Gasteiger charge is 2.17. The number of hydrogen-bond donors (Lipinski definition) is 2. The number of carbonyl (C=O) groups excluding carboxylic acids is 1. The highest BCUT2D eigenvalue weighted by molar-refractivity contribution is 6.03. The summed E-state index contributed by atoms with van der Waals surface area (Å²) in [5, 5.41) is 3.81. The predicted octanol–water partition coefficient (Wildman–Crippen LogP) is 4.80. The molecule has 1 aromatic carbocycles. The number of benzene rings is 1. The Morgan fingerprint density at radius 1 is 0.897 bits per heavy atom. The van der Waals surface area contributed by atoms with Crippen LogP contribution in [0.15, 0.2) is 73.2 Å². The number of nitrogens with one attached hydrogen (secondary N) is 2. The third kappa shape index (κ3) is 3.10. The molecule has 0 saturated carbocycles. The maximum absolute atomic E-state index is 11.4. The monoisotopic (exact) mass is 379 g/mol. The van der Waals surface area contributed by atoms with Gasteiger partial charge in [-0.2, -0.15) is 0 Å². The Labute approximate surface area is 166 Å². The molecular weight excluding hydrogens is 362 g/mol. The van der Waals surface area contributed by atoms with Crippen LogP contribution in [0.4, 0.5) is 5.82 Å². The number of carbonyl (C=O) groups is 1. The van der Waals surface area contributed by atoms with Gasteiger partial charge in [-0.1, -0.05) is 12.1 Å². The number of anilines is 1. The zero-order valence-electron chi connectivity index (χ0n) is 15.7. The molecule has 0 spiro atoms. The lowest BCUT2D eigenvalue weighted by molar-refractivity contribution is -0.114. The van der Waals surface area contributed by atoms with Crippen molar-refractivity contribution < 1.29 is 4.79 Å². The quantitative estimate of drug-likeness (QED) is 0.472. The van der Waals surface area contributed by atoms with Crippen LogP contribution in [0.3, 0.4) is 0 Å². The number of hydrogen-bond acceptors (Lipinski definition) is 4. The summed E-state index contributed by atoms with van der Waals surface area (Å²) in [6.07, 6.45) is 5.27. The Balaban J connectivity index is 1.75. The van der Waals surface area contributed by atoms with Crippen LogP contribution in [0.25, 0.3) is 44.3 Å². The summed E-state index contributed by atoms with van der Waals surface area (Å²) in [5.74, 6) is 0.352. The maximum atomic E-state index is 11.4. The minimum absolute atomic E-state index is 0.157. The lowest BCUT2D eigenvalue weighted by Crippen LogP contribution is -2.07. The van der Waals surface area contributed by atoms with E-state index in [9.17, 15) is 4.79 Å². The van der Waals surface area contributed by atoms with Gasteiger partial charge in [0, 0.05) is 42.0 Å². The Morgan fingerprint density at radius 2 is 1.76 bits per heavy atom. The van der Waals surface area contributed by atoms with Gasteiger partial charge >= 0.3 is 0 Å². The Bertz CT molecular complexity index is 1370. The van der Waals surface area contributed by atoms with Crippen LogP contribution in [-0.2, 0) is 4.79 Å². The fraction of sp³-hybridized carbons (Fsp3) is 0.0435. The molecule has 140 valence electrons. The van der Waals surface area contributed by atoms with Gasteiger partial charge in [-0.15, -0.1) is 0 Å². The van der Waals surface area contributed by atoms with Crippen molar-refractivity contribution in [2.75, 3.05) is 5.32 Å². The molecule has 29 heavy (non-hydrogen) atoms. The number of nitrogens with zero attached hydrogens (tertiary/aromatic N) is 3. The second-order valence-electron chi connectivity index (χ2n) is 6.80. The topological polar surface area (TPSA) is 83.6 Å². The van der Waals surface area contributed by atoms with Crippen molar-refractivity contribution in [1.29, 1.82) is 0 Å². The molecule has 0 bridgehead atoms. The third-order valence-corrected chi connectivity index (χ3v) is 4.80. The first-order chi connectivity index (χ1) is 14.2. The van der Waals surface area contributed by atoms with E-state index >= 15 is 0 Å². The molecule has 0 atom stereocenters. The molecule has 0 radical (unpaired) electrons. The van der Waals surface area contributed by atoms with Crippen molar-refractivity contribution in [2.24, 2.45) is 0 Å². The smallest absolute Gasteiger partial charge is 0.222 e. The van der Waals surface area contributed by atoms with Crippen molar-refractivity contribution in [1.82, 2.24) is 19.9 Å². The summed E-state index contributed by atoms with van der Waals surface area (Å²) in [5.41, 5.74) is 6.68.